The Balaban J connectivity index is 0.000000150. The molecular formula is C16H15N5O4. The molecule has 2 aromatic heterocycles. The maximum atomic E-state index is 10.9. The van der Waals surface area contributed by atoms with E-state index in [1.165, 1.54) is 6.07 Å². The van der Waals surface area contributed by atoms with E-state index < -0.39 is 4.92 Å². The summed E-state index contributed by atoms with van der Waals surface area (Å²) < 4.78 is 0. The Labute approximate surface area is 139 Å². The van der Waals surface area contributed by atoms with Gasteiger partial charge in [-0.05, 0) is 37.6 Å². The van der Waals surface area contributed by atoms with E-state index in [1.54, 1.807) is 13.0 Å². The quantitative estimate of drug-likeness (QED) is 0.311. The molecule has 0 aliphatic heterocycles. The van der Waals surface area contributed by atoms with Crippen LogP contribution in [0.4, 0.5) is 5.69 Å². The van der Waals surface area contributed by atoms with Crippen molar-refractivity contribution in [2.75, 3.05) is 0 Å². The van der Waals surface area contributed by atoms with Crippen molar-refractivity contribution in [1.82, 2.24) is 19.9 Å². The number of nitrogens with one attached hydrogen (secondary N) is 4. The molecule has 0 aliphatic carbocycles. The van der Waals surface area contributed by atoms with Gasteiger partial charge in [-0.2, -0.15) is 0 Å². The standard InChI is InChI=1S/C8H7N3O3.C8H8N2O/c1-4-2-5-6(10-8(12)9-5)3-7(4)11(13)14;1-5-2-3-6-7(4-5)10-8(11)9-6/h2-3H,1H3,(H2,9,10,12);2-4H,1H3,(H2,9,10,11). The molecule has 0 fully saturated rings. The van der Waals surface area contributed by atoms with Crippen LogP contribution in [0.2, 0.25) is 0 Å². The normalized spacial score (nSPS) is 10.6. The average Bonchev–Trinajstić information content (AvgIpc) is 3.06. The third-order valence-electron chi connectivity index (χ3n) is 3.70. The molecule has 9 nitrogen and oxygen atoms in total. The van der Waals surface area contributed by atoms with Crippen molar-refractivity contribution < 1.29 is 4.92 Å². The summed E-state index contributed by atoms with van der Waals surface area (Å²) in [5.41, 5.74) is 3.93. The number of hydrogen-bond donors (Lipinski definition) is 4. The Hall–Kier alpha value is -3.62. The number of hydrogen-bond acceptors (Lipinski definition) is 4. The lowest BCUT2D eigenvalue weighted by Crippen LogP contribution is -1.99. The number of H-pyrrole nitrogens is 4. The fraction of sp³-hybridized carbons (Fsp3) is 0.125. The molecule has 4 rings (SSSR count). The van der Waals surface area contributed by atoms with Crippen LogP contribution in [-0.2, 0) is 0 Å². The fourth-order valence-corrected chi connectivity index (χ4v) is 2.52. The second-order valence-corrected chi connectivity index (χ2v) is 5.65. The Morgan fingerprint density at radius 3 is 1.92 bits per heavy atom. The van der Waals surface area contributed by atoms with Crippen LogP contribution < -0.4 is 11.4 Å². The molecule has 0 bridgehead atoms. The van der Waals surface area contributed by atoms with E-state index in [9.17, 15) is 19.7 Å². The Morgan fingerprint density at radius 2 is 1.32 bits per heavy atom. The average molecular weight is 341 g/mol. The molecule has 0 aliphatic rings. The van der Waals surface area contributed by atoms with Crippen LogP contribution in [0.1, 0.15) is 11.1 Å². The van der Waals surface area contributed by atoms with Crippen LogP contribution in [-0.4, -0.2) is 24.9 Å². The minimum Gasteiger partial charge on any atom is -0.306 e. The maximum absolute atomic E-state index is 10.9. The molecule has 0 saturated heterocycles. The number of aromatic amines is 4. The van der Waals surface area contributed by atoms with Crippen molar-refractivity contribution in [3.8, 4) is 0 Å². The summed E-state index contributed by atoms with van der Waals surface area (Å²) in [5, 5.41) is 10.6. The Kier molecular flexibility index (Phi) is 3.97. The van der Waals surface area contributed by atoms with Crippen LogP contribution in [0.25, 0.3) is 22.1 Å². The highest BCUT2D eigenvalue weighted by atomic mass is 16.6. The van der Waals surface area contributed by atoms with E-state index in [4.69, 9.17) is 0 Å². The molecule has 0 spiro atoms. The van der Waals surface area contributed by atoms with Crippen LogP contribution in [0.15, 0.2) is 39.9 Å². The van der Waals surface area contributed by atoms with E-state index in [-0.39, 0.29) is 17.1 Å². The molecule has 2 aromatic carbocycles. The van der Waals surface area contributed by atoms with Crippen LogP contribution >= 0.6 is 0 Å². The fourth-order valence-electron chi connectivity index (χ4n) is 2.52. The largest absolute Gasteiger partial charge is 0.323 e. The Bertz CT molecular complexity index is 1190. The van der Waals surface area contributed by atoms with Gasteiger partial charge in [0.2, 0.25) is 0 Å². The molecule has 9 heteroatoms. The monoisotopic (exact) mass is 341 g/mol. The SMILES string of the molecule is Cc1cc2[nH]c(=O)[nH]c2cc1[N+](=O)[O-].Cc1ccc2[nH]c(=O)[nH]c2c1. The molecule has 4 aromatic rings. The highest BCUT2D eigenvalue weighted by Crippen LogP contribution is 2.21. The number of fused-ring (bicyclic) bond motifs is 2. The van der Waals surface area contributed by atoms with E-state index in [0.717, 1.165) is 16.6 Å². The molecule has 0 amide bonds. The summed E-state index contributed by atoms with van der Waals surface area (Å²) in [7, 11) is 0. The van der Waals surface area contributed by atoms with Gasteiger partial charge in [-0.15, -0.1) is 0 Å². The number of nitro benzene ring substituents is 1. The number of nitrogens with zero attached hydrogens (tertiary/aromatic N) is 1. The molecule has 0 unspecified atom stereocenters. The molecule has 128 valence electrons. The topological polar surface area (TPSA) is 140 Å². The van der Waals surface area contributed by atoms with Crippen molar-refractivity contribution in [2.45, 2.75) is 13.8 Å². The van der Waals surface area contributed by atoms with Crippen molar-refractivity contribution in [2.24, 2.45) is 0 Å². The van der Waals surface area contributed by atoms with Crippen molar-refractivity contribution in [3.05, 3.63) is 72.5 Å². The number of rotatable bonds is 1. The minimum absolute atomic E-state index is 0.00718. The highest BCUT2D eigenvalue weighted by molar-refractivity contribution is 5.78. The van der Waals surface area contributed by atoms with E-state index in [2.05, 4.69) is 19.9 Å². The van der Waals surface area contributed by atoms with Gasteiger partial charge in [0, 0.05) is 11.6 Å². The number of nitro groups is 1. The smallest absolute Gasteiger partial charge is 0.306 e. The zero-order chi connectivity index (χ0) is 18.1. The second kappa shape index (κ2) is 6.11. The number of aromatic nitrogens is 4. The third-order valence-corrected chi connectivity index (χ3v) is 3.70. The molecular weight excluding hydrogens is 326 g/mol. The number of aryl methyl sites for hydroxylation is 2. The first kappa shape index (κ1) is 16.2. The number of imidazole rings is 2. The third kappa shape index (κ3) is 3.34. The van der Waals surface area contributed by atoms with Gasteiger partial charge >= 0.3 is 11.4 Å². The molecule has 0 saturated carbocycles. The first-order valence-corrected chi connectivity index (χ1v) is 7.39. The molecule has 25 heavy (non-hydrogen) atoms. The zero-order valence-electron chi connectivity index (χ0n) is 13.5. The van der Waals surface area contributed by atoms with Gasteiger partial charge in [0.05, 0.1) is 27.0 Å². The first-order valence-electron chi connectivity index (χ1n) is 7.39. The van der Waals surface area contributed by atoms with E-state index in [0.29, 0.717) is 16.6 Å². The van der Waals surface area contributed by atoms with Crippen LogP contribution in [0.3, 0.4) is 0 Å². The summed E-state index contributed by atoms with van der Waals surface area (Å²) in [4.78, 5) is 42.2. The summed E-state index contributed by atoms with van der Waals surface area (Å²) in [5.74, 6) is 0. The summed E-state index contributed by atoms with van der Waals surface area (Å²) in [6.07, 6.45) is 0. The van der Waals surface area contributed by atoms with Gasteiger partial charge in [0.15, 0.2) is 0 Å². The highest BCUT2D eigenvalue weighted by Gasteiger charge is 2.12. The van der Waals surface area contributed by atoms with Crippen molar-refractivity contribution in [3.63, 3.8) is 0 Å². The lowest BCUT2D eigenvalue weighted by atomic mass is 10.2. The number of benzene rings is 2. The minimum atomic E-state index is -0.472. The molecule has 4 N–H and O–H groups in total. The second-order valence-electron chi connectivity index (χ2n) is 5.65. The van der Waals surface area contributed by atoms with Crippen LogP contribution in [0, 0.1) is 24.0 Å². The van der Waals surface area contributed by atoms with E-state index in [1.807, 2.05) is 25.1 Å². The predicted molar refractivity (Wildman–Crippen MR) is 94.0 cm³/mol. The van der Waals surface area contributed by atoms with Crippen LogP contribution in [0.5, 0.6) is 0 Å². The lowest BCUT2D eigenvalue weighted by Gasteiger charge is -1.95. The molecule has 0 atom stereocenters. The van der Waals surface area contributed by atoms with Gasteiger partial charge < -0.3 is 19.9 Å². The van der Waals surface area contributed by atoms with Gasteiger partial charge in [0.25, 0.3) is 5.69 Å². The Morgan fingerprint density at radius 1 is 0.800 bits per heavy atom. The summed E-state index contributed by atoms with van der Waals surface area (Å²) in [6.45, 7) is 3.62. The van der Waals surface area contributed by atoms with Gasteiger partial charge in [0.1, 0.15) is 0 Å². The van der Waals surface area contributed by atoms with Crippen molar-refractivity contribution in [1.29, 1.82) is 0 Å². The van der Waals surface area contributed by atoms with Gasteiger partial charge in [-0.3, -0.25) is 10.1 Å². The maximum Gasteiger partial charge on any atom is 0.323 e. The molecule has 2 heterocycles. The molecule has 0 radical (unpaired) electrons. The first-order chi connectivity index (χ1) is 11.8. The van der Waals surface area contributed by atoms with Crippen molar-refractivity contribution >= 4 is 27.8 Å². The lowest BCUT2D eigenvalue weighted by molar-refractivity contribution is -0.385. The summed E-state index contributed by atoms with van der Waals surface area (Å²) >= 11 is 0. The van der Waals surface area contributed by atoms with Gasteiger partial charge in [-0.1, -0.05) is 6.07 Å². The van der Waals surface area contributed by atoms with E-state index >= 15 is 0 Å². The summed E-state index contributed by atoms with van der Waals surface area (Å²) in [6, 6.07) is 8.72. The zero-order valence-corrected chi connectivity index (χ0v) is 13.5. The van der Waals surface area contributed by atoms with Gasteiger partial charge in [-0.25, -0.2) is 9.59 Å². The predicted octanol–water partition coefficient (Wildman–Crippen LogP) is 2.24.